The third-order valence-electron chi connectivity index (χ3n) is 3.52. The summed E-state index contributed by atoms with van der Waals surface area (Å²) < 4.78 is 0. The molecular weight excluding hydrogens is 218 g/mol. The summed E-state index contributed by atoms with van der Waals surface area (Å²) in [6, 6.07) is 2.00. The highest BCUT2D eigenvalue weighted by Gasteiger charge is 2.23. The SMILES string of the molecule is CC(O)(CNCC1CCCC1)c1ccsc1. The van der Waals surface area contributed by atoms with Crippen molar-refractivity contribution in [1.82, 2.24) is 5.32 Å². The second-order valence-corrected chi connectivity index (χ2v) is 5.85. The number of rotatable bonds is 5. The lowest BCUT2D eigenvalue weighted by Crippen LogP contribution is -2.37. The van der Waals surface area contributed by atoms with Crippen molar-refractivity contribution in [2.45, 2.75) is 38.2 Å². The molecule has 16 heavy (non-hydrogen) atoms. The summed E-state index contributed by atoms with van der Waals surface area (Å²) in [4.78, 5) is 0. The Bertz CT molecular complexity index is 302. The average molecular weight is 239 g/mol. The van der Waals surface area contributed by atoms with Crippen molar-refractivity contribution in [3.63, 3.8) is 0 Å². The van der Waals surface area contributed by atoms with Gasteiger partial charge in [-0.3, -0.25) is 0 Å². The largest absolute Gasteiger partial charge is 0.384 e. The molecular formula is C13H21NOS. The molecule has 0 amide bonds. The fourth-order valence-corrected chi connectivity index (χ4v) is 3.19. The van der Waals surface area contributed by atoms with Crippen LogP contribution in [-0.4, -0.2) is 18.2 Å². The Kier molecular flexibility index (Phi) is 4.00. The highest BCUT2D eigenvalue weighted by atomic mass is 32.1. The second kappa shape index (κ2) is 5.30. The van der Waals surface area contributed by atoms with Crippen LogP contribution in [0.1, 0.15) is 38.2 Å². The minimum absolute atomic E-state index is 0.653. The summed E-state index contributed by atoms with van der Waals surface area (Å²) in [5.74, 6) is 0.832. The molecule has 0 aliphatic heterocycles. The molecule has 1 unspecified atom stereocenters. The number of aliphatic hydroxyl groups is 1. The van der Waals surface area contributed by atoms with Crippen LogP contribution in [0.2, 0.25) is 0 Å². The van der Waals surface area contributed by atoms with Gasteiger partial charge in [0.25, 0.3) is 0 Å². The van der Waals surface area contributed by atoms with E-state index in [0.717, 1.165) is 18.0 Å². The fourth-order valence-electron chi connectivity index (χ4n) is 2.41. The van der Waals surface area contributed by atoms with Crippen molar-refractivity contribution in [2.24, 2.45) is 5.92 Å². The van der Waals surface area contributed by atoms with E-state index in [1.54, 1.807) is 11.3 Å². The van der Waals surface area contributed by atoms with Crippen LogP contribution >= 0.6 is 11.3 Å². The highest BCUT2D eigenvalue weighted by Crippen LogP contribution is 2.25. The standard InChI is InChI=1S/C13H21NOS/c1-13(15,12-6-7-16-9-12)10-14-8-11-4-2-3-5-11/h6-7,9,11,14-15H,2-5,8,10H2,1H3. The lowest BCUT2D eigenvalue weighted by atomic mass is 9.99. The highest BCUT2D eigenvalue weighted by molar-refractivity contribution is 7.08. The molecule has 2 rings (SSSR count). The molecule has 1 saturated carbocycles. The minimum atomic E-state index is -0.724. The predicted octanol–water partition coefficient (Wildman–Crippen LogP) is 2.74. The molecule has 1 aliphatic carbocycles. The second-order valence-electron chi connectivity index (χ2n) is 5.07. The van der Waals surface area contributed by atoms with E-state index in [2.05, 4.69) is 5.32 Å². The summed E-state index contributed by atoms with van der Waals surface area (Å²) in [6.07, 6.45) is 5.47. The molecule has 0 saturated heterocycles. The van der Waals surface area contributed by atoms with Gasteiger partial charge in [0.1, 0.15) is 0 Å². The topological polar surface area (TPSA) is 32.3 Å². The number of thiophene rings is 1. The van der Waals surface area contributed by atoms with Crippen LogP contribution in [0.3, 0.4) is 0 Å². The molecule has 0 radical (unpaired) electrons. The molecule has 2 N–H and O–H groups in total. The fraction of sp³-hybridized carbons (Fsp3) is 0.692. The Balaban J connectivity index is 1.76. The van der Waals surface area contributed by atoms with Crippen molar-refractivity contribution in [3.8, 4) is 0 Å². The van der Waals surface area contributed by atoms with Crippen LogP contribution in [0.5, 0.6) is 0 Å². The van der Waals surface area contributed by atoms with E-state index in [0.29, 0.717) is 6.54 Å². The molecule has 1 aliphatic rings. The minimum Gasteiger partial charge on any atom is -0.384 e. The van der Waals surface area contributed by atoms with Crippen molar-refractivity contribution < 1.29 is 5.11 Å². The molecule has 1 aromatic rings. The van der Waals surface area contributed by atoms with E-state index in [9.17, 15) is 5.11 Å². The van der Waals surface area contributed by atoms with Gasteiger partial charge in [0.2, 0.25) is 0 Å². The average Bonchev–Trinajstić information content (AvgIpc) is 2.90. The first-order valence-electron chi connectivity index (χ1n) is 6.14. The summed E-state index contributed by atoms with van der Waals surface area (Å²) in [7, 11) is 0. The first-order valence-corrected chi connectivity index (χ1v) is 7.08. The molecule has 0 aromatic carbocycles. The van der Waals surface area contributed by atoms with Gasteiger partial charge < -0.3 is 10.4 Å². The Labute approximate surface area is 102 Å². The number of nitrogens with one attached hydrogen (secondary N) is 1. The van der Waals surface area contributed by atoms with Gasteiger partial charge in [0.05, 0.1) is 5.60 Å². The van der Waals surface area contributed by atoms with Crippen LogP contribution in [0, 0.1) is 5.92 Å². The van der Waals surface area contributed by atoms with E-state index in [1.807, 2.05) is 23.8 Å². The molecule has 0 bridgehead atoms. The molecule has 1 aromatic heterocycles. The molecule has 0 spiro atoms. The normalized spacial score (nSPS) is 21.1. The molecule has 1 atom stereocenters. The molecule has 1 heterocycles. The Morgan fingerprint density at radius 2 is 2.25 bits per heavy atom. The van der Waals surface area contributed by atoms with Crippen LogP contribution in [0.15, 0.2) is 16.8 Å². The van der Waals surface area contributed by atoms with Gasteiger partial charge >= 0.3 is 0 Å². The molecule has 1 fully saturated rings. The van der Waals surface area contributed by atoms with Crippen molar-refractivity contribution in [1.29, 1.82) is 0 Å². The number of hydrogen-bond acceptors (Lipinski definition) is 3. The maximum atomic E-state index is 10.3. The van der Waals surface area contributed by atoms with Crippen LogP contribution in [0.25, 0.3) is 0 Å². The quantitative estimate of drug-likeness (QED) is 0.828. The Morgan fingerprint density at radius 1 is 1.50 bits per heavy atom. The van der Waals surface area contributed by atoms with Gasteiger partial charge in [-0.1, -0.05) is 12.8 Å². The van der Waals surface area contributed by atoms with E-state index in [1.165, 1.54) is 25.7 Å². The van der Waals surface area contributed by atoms with Gasteiger partial charge in [-0.2, -0.15) is 11.3 Å². The van der Waals surface area contributed by atoms with Gasteiger partial charge in [0, 0.05) is 6.54 Å². The van der Waals surface area contributed by atoms with Crippen LogP contribution < -0.4 is 5.32 Å². The summed E-state index contributed by atoms with van der Waals surface area (Å²) >= 11 is 1.64. The van der Waals surface area contributed by atoms with E-state index < -0.39 is 5.60 Å². The first-order chi connectivity index (χ1) is 7.68. The Morgan fingerprint density at radius 3 is 2.88 bits per heavy atom. The van der Waals surface area contributed by atoms with Crippen molar-refractivity contribution in [3.05, 3.63) is 22.4 Å². The zero-order valence-corrected chi connectivity index (χ0v) is 10.7. The summed E-state index contributed by atoms with van der Waals surface area (Å²) in [6.45, 7) is 3.59. The van der Waals surface area contributed by atoms with Crippen molar-refractivity contribution in [2.75, 3.05) is 13.1 Å². The Hall–Kier alpha value is -0.380. The first kappa shape index (κ1) is 12.1. The molecule has 2 nitrogen and oxygen atoms in total. The van der Waals surface area contributed by atoms with Crippen LogP contribution in [0.4, 0.5) is 0 Å². The van der Waals surface area contributed by atoms with Gasteiger partial charge in [-0.25, -0.2) is 0 Å². The van der Waals surface area contributed by atoms with E-state index in [4.69, 9.17) is 0 Å². The maximum Gasteiger partial charge on any atom is 0.1000 e. The van der Waals surface area contributed by atoms with Gasteiger partial charge in [-0.05, 0) is 54.6 Å². The van der Waals surface area contributed by atoms with Crippen molar-refractivity contribution >= 4 is 11.3 Å². The monoisotopic (exact) mass is 239 g/mol. The third-order valence-corrected chi connectivity index (χ3v) is 4.20. The predicted molar refractivity (Wildman–Crippen MR) is 68.7 cm³/mol. The van der Waals surface area contributed by atoms with E-state index in [-0.39, 0.29) is 0 Å². The summed E-state index contributed by atoms with van der Waals surface area (Å²) in [5.41, 5.74) is 0.301. The lowest BCUT2D eigenvalue weighted by Gasteiger charge is -2.24. The molecule has 90 valence electrons. The maximum absolute atomic E-state index is 10.3. The zero-order valence-electron chi connectivity index (χ0n) is 9.91. The summed E-state index contributed by atoms with van der Waals surface area (Å²) in [5, 5.41) is 17.7. The number of hydrogen-bond donors (Lipinski definition) is 2. The zero-order chi connectivity index (χ0) is 11.4. The van der Waals surface area contributed by atoms with E-state index >= 15 is 0 Å². The van der Waals surface area contributed by atoms with Gasteiger partial charge in [0.15, 0.2) is 0 Å². The smallest absolute Gasteiger partial charge is 0.1000 e. The lowest BCUT2D eigenvalue weighted by molar-refractivity contribution is 0.0565. The molecule has 3 heteroatoms. The van der Waals surface area contributed by atoms with Crippen LogP contribution in [-0.2, 0) is 5.60 Å². The third kappa shape index (κ3) is 3.06. The van der Waals surface area contributed by atoms with Gasteiger partial charge in [-0.15, -0.1) is 0 Å².